The number of amides is 1. The average molecular weight is 257 g/mol. The van der Waals surface area contributed by atoms with Crippen LogP contribution < -0.4 is 20.5 Å². The number of nitrogens with one attached hydrogen (secondary N) is 1. The van der Waals surface area contributed by atoms with Gasteiger partial charge in [-0.05, 0) is 6.42 Å². The summed E-state index contributed by atoms with van der Waals surface area (Å²) in [4.78, 5) is 11.6. The molecule has 0 bridgehead atoms. The number of hydrogen-bond donors (Lipinski definition) is 2. The van der Waals surface area contributed by atoms with Crippen LogP contribution in [0, 0.1) is 0 Å². The highest BCUT2D eigenvalue weighted by Gasteiger charge is 2.19. The van der Waals surface area contributed by atoms with Crippen molar-refractivity contribution >= 4 is 23.2 Å². The maximum atomic E-state index is 11.6. The molecule has 0 radical (unpaired) electrons. The van der Waals surface area contributed by atoms with Crippen LogP contribution >= 0.6 is 11.6 Å². The lowest BCUT2D eigenvalue weighted by Gasteiger charge is -2.11. The Morgan fingerprint density at radius 3 is 2.82 bits per heavy atom. The zero-order valence-corrected chi connectivity index (χ0v) is 10.1. The first kappa shape index (κ1) is 12.0. The molecule has 17 heavy (non-hydrogen) atoms. The van der Waals surface area contributed by atoms with Crippen molar-refractivity contribution in [1.29, 1.82) is 0 Å². The van der Waals surface area contributed by atoms with Gasteiger partial charge in [-0.25, -0.2) is 0 Å². The Morgan fingerprint density at radius 2 is 2.18 bits per heavy atom. The number of nitrogens with two attached hydrogens (primary N) is 1. The molecule has 0 spiro atoms. The molecule has 0 aromatic heterocycles. The first-order valence-corrected chi connectivity index (χ1v) is 5.65. The molecule has 1 aromatic carbocycles. The monoisotopic (exact) mass is 256 g/mol. The second kappa shape index (κ2) is 4.81. The lowest BCUT2D eigenvalue weighted by molar-refractivity contribution is -0.117. The van der Waals surface area contributed by atoms with Gasteiger partial charge in [0, 0.05) is 12.1 Å². The normalized spacial score (nSPS) is 14.5. The zero-order chi connectivity index (χ0) is 12.4. The molecule has 0 unspecified atom stereocenters. The molecule has 0 saturated carbocycles. The number of benzene rings is 1. The van der Waals surface area contributed by atoms with E-state index in [4.69, 9.17) is 26.8 Å². The largest absolute Gasteiger partial charge is 0.454 e. The Kier molecular flexibility index (Phi) is 3.40. The maximum absolute atomic E-state index is 11.6. The van der Waals surface area contributed by atoms with E-state index in [2.05, 4.69) is 5.32 Å². The van der Waals surface area contributed by atoms with Gasteiger partial charge in [-0.1, -0.05) is 18.5 Å². The molecule has 1 amide bonds. The van der Waals surface area contributed by atoms with Crippen LogP contribution in [0.4, 0.5) is 5.69 Å². The van der Waals surface area contributed by atoms with E-state index in [-0.39, 0.29) is 12.7 Å². The minimum atomic E-state index is -0.545. The number of ether oxygens (including phenoxy) is 2. The summed E-state index contributed by atoms with van der Waals surface area (Å²) in [5, 5.41) is 3.05. The van der Waals surface area contributed by atoms with E-state index in [0.29, 0.717) is 28.6 Å². The van der Waals surface area contributed by atoms with Gasteiger partial charge >= 0.3 is 0 Å². The Balaban J connectivity index is 2.19. The summed E-state index contributed by atoms with van der Waals surface area (Å²) < 4.78 is 10.4. The maximum Gasteiger partial charge on any atom is 0.241 e. The molecule has 1 atom stereocenters. The topological polar surface area (TPSA) is 73.6 Å². The van der Waals surface area contributed by atoms with Crippen LogP contribution in [0.25, 0.3) is 0 Å². The summed E-state index contributed by atoms with van der Waals surface area (Å²) in [6.07, 6.45) is 0.563. The van der Waals surface area contributed by atoms with E-state index < -0.39 is 6.04 Å². The summed E-state index contributed by atoms with van der Waals surface area (Å²) in [7, 11) is 0. The van der Waals surface area contributed by atoms with Crippen molar-refractivity contribution in [3.05, 3.63) is 17.2 Å². The highest BCUT2D eigenvalue weighted by atomic mass is 35.5. The molecule has 0 fully saturated rings. The number of carbonyl (C=O) groups is 1. The molecule has 1 aromatic rings. The number of anilines is 1. The van der Waals surface area contributed by atoms with Crippen molar-refractivity contribution in [1.82, 2.24) is 0 Å². The number of halogens is 1. The molecule has 2 rings (SSSR count). The minimum absolute atomic E-state index is 0.164. The first-order valence-electron chi connectivity index (χ1n) is 5.27. The van der Waals surface area contributed by atoms with Crippen molar-refractivity contribution < 1.29 is 14.3 Å². The average Bonchev–Trinajstić information content (AvgIpc) is 2.75. The van der Waals surface area contributed by atoms with Gasteiger partial charge in [-0.2, -0.15) is 0 Å². The molecule has 0 saturated heterocycles. The third-order valence-electron chi connectivity index (χ3n) is 2.50. The number of rotatable bonds is 3. The Labute approximate surface area is 104 Å². The van der Waals surface area contributed by atoms with E-state index in [1.54, 1.807) is 12.1 Å². The Hall–Kier alpha value is -1.46. The third kappa shape index (κ3) is 2.45. The summed E-state index contributed by atoms with van der Waals surface area (Å²) in [5.74, 6) is 0.871. The summed E-state index contributed by atoms with van der Waals surface area (Å²) >= 11 is 6.01. The van der Waals surface area contributed by atoms with Crippen molar-refractivity contribution in [2.24, 2.45) is 5.73 Å². The summed E-state index contributed by atoms with van der Waals surface area (Å²) in [5.41, 5.74) is 6.09. The quantitative estimate of drug-likeness (QED) is 0.864. The van der Waals surface area contributed by atoms with Gasteiger partial charge in [-0.15, -0.1) is 0 Å². The second-order valence-corrected chi connectivity index (χ2v) is 4.10. The first-order chi connectivity index (χ1) is 8.11. The van der Waals surface area contributed by atoms with Gasteiger partial charge < -0.3 is 20.5 Å². The van der Waals surface area contributed by atoms with Crippen molar-refractivity contribution in [2.45, 2.75) is 19.4 Å². The van der Waals surface area contributed by atoms with Crippen LogP contribution in [-0.4, -0.2) is 18.7 Å². The lowest BCUT2D eigenvalue weighted by atomic mass is 10.2. The van der Waals surface area contributed by atoms with Gasteiger partial charge in [0.15, 0.2) is 11.5 Å². The molecule has 6 heteroatoms. The number of fused-ring (bicyclic) bond motifs is 1. The highest BCUT2D eigenvalue weighted by Crippen LogP contribution is 2.39. The molecule has 3 N–H and O–H groups in total. The zero-order valence-electron chi connectivity index (χ0n) is 9.33. The highest BCUT2D eigenvalue weighted by molar-refractivity contribution is 6.34. The second-order valence-electron chi connectivity index (χ2n) is 3.69. The molecule has 1 aliphatic rings. The van der Waals surface area contributed by atoms with E-state index in [1.807, 2.05) is 6.92 Å². The van der Waals surface area contributed by atoms with Crippen LogP contribution in [0.5, 0.6) is 11.5 Å². The standard InChI is InChI=1S/C11H13ClN2O3/c1-2-7(13)11(15)14-8-4-10-9(3-6(8)12)16-5-17-10/h3-4,7H,2,5,13H2,1H3,(H,14,15)/t7-/m1/s1. The van der Waals surface area contributed by atoms with Gasteiger partial charge in [0.1, 0.15) is 0 Å². The fourth-order valence-corrected chi connectivity index (χ4v) is 1.62. The molecule has 1 aliphatic heterocycles. The van der Waals surface area contributed by atoms with E-state index in [1.165, 1.54) is 0 Å². The Bertz CT molecular complexity index is 451. The minimum Gasteiger partial charge on any atom is -0.454 e. The van der Waals surface area contributed by atoms with Crippen LogP contribution in [0.2, 0.25) is 5.02 Å². The van der Waals surface area contributed by atoms with Crippen molar-refractivity contribution in [2.75, 3.05) is 12.1 Å². The SMILES string of the molecule is CC[C@@H](N)C(=O)Nc1cc2c(cc1Cl)OCO2. The van der Waals surface area contributed by atoms with Crippen LogP contribution in [0.3, 0.4) is 0 Å². The van der Waals surface area contributed by atoms with E-state index >= 15 is 0 Å². The summed E-state index contributed by atoms with van der Waals surface area (Å²) in [6, 6.07) is 2.69. The van der Waals surface area contributed by atoms with Gasteiger partial charge in [0.25, 0.3) is 0 Å². The predicted octanol–water partition coefficient (Wildman–Crippen LogP) is 1.74. The van der Waals surface area contributed by atoms with Gasteiger partial charge in [-0.3, -0.25) is 4.79 Å². The molecular formula is C11H13ClN2O3. The molecule has 0 aliphatic carbocycles. The number of hydrogen-bond acceptors (Lipinski definition) is 4. The van der Waals surface area contributed by atoms with Crippen molar-refractivity contribution in [3.63, 3.8) is 0 Å². The fourth-order valence-electron chi connectivity index (χ4n) is 1.42. The smallest absolute Gasteiger partial charge is 0.241 e. The van der Waals surface area contributed by atoms with Gasteiger partial charge in [0.2, 0.25) is 12.7 Å². The van der Waals surface area contributed by atoms with Crippen LogP contribution in [0.1, 0.15) is 13.3 Å². The molecule has 5 nitrogen and oxygen atoms in total. The lowest BCUT2D eigenvalue weighted by Crippen LogP contribution is -2.34. The third-order valence-corrected chi connectivity index (χ3v) is 2.81. The number of carbonyl (C=O) groups excluding carboxylic acids is 1. The van der Waals surface area contributed by atoms with Crippen LogP contribution in [-0.2, 0) is 4.79 Å². The molecule has 92 valence electrons. The molecule has 1 heterocycles. The summed E-state index contributed by atoms with van der Waals surface area (Å²) in [6.45, 7) is 2.00. The Morgan fingerprint density at radius 1 is 1.53 bits per heavy atom. The predicted molar refractivity (Wildman–Crippen MR) is 64.5 cm³/mol. The van der Waals surface area contributed by atoms with Crippen molar-refractivity contribution in [3.8, 4) is 11.5 Å². The van der Waals surface area contributed by atoms with Crippen LogP contribution in [0.15, 0.2) is 12.1 Å². The van der Waals surface area contributed by atoms with E-state index in [0.717, 1.165) is 0 Å². The van der Waals surface area contributed by atoms with Gasteiger partial charge in [0.05, 0.1) is 16.8 Å². The molecular weight excluding hydrogens is 244 g/mol. The van der Waals surface area contributed by atoms with E-state index in [9.17, 15) is 4.79 Å². The fraction of sp³-hybridized carbons (Fsp3) is 0.364.